The lowest BCUT2D eigenvalue weighted by atomic mass is 9.71. The minimum absolute atomic E-state index is 0.0856. The average Bonchev–Trinajstić information content (AvgIpc) is 2.77. The van der Waals surface area contributed by atoms with Crippen molar-refractivity contribution in [2.45, 2.75) is 61.9 Å². The maximum atomic E-state index is 12.9. The third kappa shape index (κ3) is 4.65. The average molecular weight is 447 g/mol. The van der Waals surface area contributed by atoms with Gasteiger partial charge >= 0.3 is 0 Å². The second kappa shape index (κ2) is 8.54. The van der Waals surface area contributed by atoms with E-state index in [-0.39, 0.29) is 17.8 Å². The molecule has 7 heteroatoms. The van der Waals surface area contributed by atoms with Crippen LogP contribution in [-0.4, -0.2) is 38.6 Å². The predicted octanol–water partition coefficient (Wildman–Crippen LogP) is 4.33. The first kappa shape index (κ1) is 22.3. The highest BCUT2D eigenvalue weighted by atomic mass is 32.2. The summed E-state index contributed by atoms with van der Waals surface area (Å²) in [6.07, 6.45) is 2.07. The SMILES string of the molecule is COc1ccc(CO[C@]2(C)CC[C@@H]3C[C@H]2OO[C@@]3(C)CS(=O)(=O)c2ccccc2)cc1. The number of benzene rings is 2. The molecule has 1 saturated carbocycles. The Morgan fingerprint density at radius 2 is 1.77 bits per heavy atom. The van der Waals surface area contributed by atoms with Crippen molar-refractivity contribution in [3.63, 3.8) is 0 Å². The van der Waals surface area contributed by atoms with Gasteiger partial charge in [-0.25, -0.2) is 18.2 Å². The fourth-order valence-electron chi connectivity index (χ4n) is 4.54. The smallest absolute Gasteiger partial charge is 0.181 e. The molecule has 1 heterocycles. The maximum Gasteiger partial charge on any atom is 0.181 e. The molecular formula is C24H30O6S. The Bertz CT molecular complexity index is 990. The zero-order valence-electron chi connectivity index (χ0n) is 18.2. The van der Waals surface area contributed by atoms with Gasteiger partial charge in [0.2, 0.25) is 0 Å². The van der Waals surface area contributed by atoms with Gasteiger partial charge in [0.1, 0.15) is 17.5 Å². The highest BCUT2D eigenvalue weighted by Gasteiger charge is 2.54. The quantitative estimate of drug-likeness (QED) is 0.590. The van der Waals surface area contributed by atoms with Crippen molar-refractivity contribution in [2.75, 3.05) is 12.9 Å². The van der Waals surface area contributed by atoms with E-state index in [1.807, 2.05) is 38.1 Å². The van der Waals surface area contributed by atoms with Crippen molar-refractivity contribution in [3.8, 4) is 5.75 Å². The Morgan fingerprint density at radius 1 is 1.06 bits per heavy atom. The van der Waals surface area contributed by atoms with E-state index in [1.54, 1.807) is 37.4 Å². The molecule has 2 bridgehead atoms. The first-order valence-electron chi connectivity index (χ1n) is 10.6. The van der Waals surface area contributed by atoms with Gasteiger partial charge in [-0.3, -0.25) is 0 Å². The summed E-state index contributed by atoms with van der Waals surface area (Å²) in [4.78, 5) is 11.9. The van der Waals surface area contributed by atoms with E-state index >= 15 is 0 Å². The zero-order valence-corrected chi connectivity index (χ0v) is 19.1. The molecule has 1 aliphatic carbocycles. The number of hydrogen-bond donors (Lipinski definition) is 0. The molecule has 6 nitrogen and oxygen atoms in total. The lowest BCUT2D eigenvalue weighted by Crippen LogP contribution is -2.59. The first-order chi connectivity index (χ1) is 14.7. The Balaban J connectivity index is 1.41. The Kier molecular flexibility index (Phi) is 6.14. The molecule has 1 aliphatic heterocycles. The predicted molar refractivity (Wildman–Crippen MR) is 116 cm³/mol. The second-order valence-corrected chi connectivity index (χ2v) is 11.0. The molecule has 2 aromatic rings. The summed E-state index contributed by atoms with van der Waals surface area (Å²) < 4.78 is 37.3. The van der Waals surface area contributed by atoms with Crippen molar-refractivity contribution < 1.29 is 27.7 Å². The fourth-order valence-corrected chi connectivity index (χ4v) is 6.32. The van der Waals surface area contributed by atoms with Gasteiger partial charge in [-0.2, -0.15) is 0 Å². The summed E-state index contributed by atoms with van der Waals surface area (Å²) in [6.45, 7) is 4.35. The largest absolute Gasteiger partial charge is 0.497 e. The molecule has 31 heavy (non-hydrogen) atoms. The number of fused-ring (bicyclic) bond motifs is 2. The maximum absolute atomic E-state index is 12.9. The van der Waals surface area contributed by atoms with E-state index in [2.05, 4.69) is 0 Å². The number of hydrogen-bond acceptors (Lipinski definition) is 6. The topological polar surface area (TPSA) is 71.1 Å². The zero-order chi connectivity index (χ0) is 22.1. The van der Waals surface area contributed by atoms with Crippen LogP contribution in [0.25, 0.3) is 0 Å². The minimum Gasteiger partial charge on any atom is -0.497 e. The van der Waals surface area contributed by atoms with E-state index in [4.69, 9.17) is 19.2 Å². The summed E-state index contributed by atoms with van der Waals surface area (Å²) in [5.74, 6) is 0.789. The number of ether oxygens (including phenoxy) is 2. The molecule has 0 radical (unpaired) electrons. The van der Waals surface area contributed by atoms with Crippen LogP contribution in [0, 0.1) is 5.92 Å². The van der Waals surface area contributed by atoms with Crippen LogP contribution in [0.5, 0.6) is 5.75 Å². The van der Waals surface area contributed by atoms with Crippen LogP contribution in [0.4, 0.5) is 0 Å². The van der Waals surface area contributed by atoms with Gasteiger partial charge in [0, 0.05) is 0 Å². The summed E-state index contributed by atoms with van der Waals surface area (Å²) in [5.41, 5.74) is -0.321. The van der Waals surface area contributed by atoms with Crippen LogP contribution < -0.4 is 4.74 Å². The Hall–Kier alpha value is -1.93. The molecule has 0 aromatic heterocycles. The van der Waals surface area contributed by atoms with E-state index in [9.17, 15) is 8.42 Å². The highest BCUT2D eigenvalue weighted by Crippen LogP contribution is 2.47. The van der Waals surface area contributed by atoms with Gasteiger partial charge in [0.05, 0.1) is 30.0 Å². The van der Waals surface area contributed by atoms with Crippen molar-refractivity contribution in [1.82, 2.24) is 0 Å². The molecule has 2 fully saturated rings. The van der Waals surface area contributed by atoms with Gasteiger partial charge in [-0.05, 0) is 68.9 Å². The normalized spacial score (nSPS) is 30.7. The molecule has 4 rings (SSSR count). The van der Waals surface area contributed by atoms with E-state index < -0.39 is 21.0 Å². The minimum atomic E-state index is -3.48. The molecule has 1 saturated heterocycles. The number of sulfone groups is 1. The molecule has 0 N–H and O–H groups in total. The van der Waals surface area contributed by atoms with E-state index in [0.717, 1.165) is 24.2 Å². The molecule has 2 aliphatic rings. The van der Waals surface area contributed by atoms with Crippen LogP contribution >= 0.6 is 0 Å². The number of rotatable bonds is 7. The van der Waals surface area contributed by atoms with E-state index in [1.165, 1.54) is 0 Å². The molecular weight excluding hydrogens is 416 g/mol. The molecule has 168 valence electrons. The van der Waals surface area contributed by atoms with Crippen molar-refractivity contribution in [2.24, 2.45) is 5.92 Å². The summed E-state index contributed by atoms with van der Waals surface area (Å²) in [5, 5.41) is 0. The fraction of sp³-hybridized carbons (Fsp3) is 0.500. The Morgan fingerprint density at radius 3 is 2.45 bits per heavy atom. The third-order valence-electron chi connectivity index (χ3n) is 6.69. The molecule has 4 atom stereocenters. The Labute approximate surface area is 184 Å². The molecule has 0 spiro atoms. The van der Waals surface area contributed by atoms with Crippen LogP contribution in [0.15, 0.2) is 59.5 Å². The first-order valence-corrected chi connectivity index (χ1v) is 12.3. The van der Waals surface area contributed by atoms with Crippen molar-refractivity contribution in [3.05, 3.63) is 60.2 Å². The molecule has 0 amide bonds. The summed E-state index contributed by atoms with van der Waals surface area (Å²) >= 11 is 0. The van der Waals surface area contributed by atoms with Crippen molar-refractivity contribution >= 4 is 9.84 Å². The monoisotopic (exact) mass is 446 g/mol. The second-order valence-electron chi connectivity index (χ2n) is 8.97. The number of methoxy groups -OCH3 is 1. The highest BCUT2D eigenvalue weighted by molar-refractivity contribution is 7.91. The van der Waals surface area contributed by atoms with Crippen molar-refractivity contribution in [1.29, 1.82) is 0 Å². The van der Waals surface area contributed by atoms with Crippen LogP contribution in [0.3, 0.4) is 0 Å². The summed E-state index contributed by atoms with van der Waals surface area (Å²) in [7, 11) is -1.84. The lowest BCUT2D eigenvalue weighted by Gasteiger charge is -2.52. The van der Waals surface area contributed by atoms with Gasteiger partial charge in [-0.15, -0.1) is 0 Å². The van der Waals surface area contributed by atoms with Crippen LogP contribution in [0.1, 0.15) is 38.7 Å². The summed E-state index contributed by atoms with van der Waals surface area (Å²) in [6, 6.07) is 16.3. The van der Waals surface area contributed by atoms with Gasteiger partial charge in [-0.1, -0.05) is 30.3 Å². The van der Waals surface area contributed by atoms with E-state index in [0.29, 0.717) is 17.9 Å². The lowest BCUT2D eigenvalue weighted by molar-refractivity contribution is -0.444. The third-order valence-corrected chi connectivity index (χ3v) is 8.64. The van der Waals surface area contributed by atoms with Crippen LogP contribution in [-0.2, 0) is 31.0 Å². The van der Waals surface area contributed by atoms with Gasteiger partial charge in [0.25, 0.3) is 0 Å². The van der Waals surface area contributed by atoms with Crippen LogP contribution in [0.2, 0.25) is 0 Å². The standard InChI is InChI=1S/C24H30O6S/c1-23(28-16-18-9-11-20(27-3)12-10-18)14-13-19-15-22(23)29-30-24(19,2)17-31(25,26)21-7-5-4-6-8-21/h4-12,19,22H,13-17H2,1-3H3/t19-,22-,23-,24+/m1/s1. The molecule has 0 unspecified atom stereocenters. The van der Waals surface area contributed by atoms with Gasteiger partial charge in [0.15, 0.2) is 9.84 Å². The van der Waals surface area contributed by atoms with Gasteiger partial charge < -0.3 is 9.47 Å². The molecule has 2 aromatic carbocycles.